The van der Waals surface area contributed by atoms with Gasteiger partial charge in [-0.1, -0.05) is 29.8 Å². The molecule has 0 bridgehead atoms. The molecule has 1 fully saturated rings. The zero-order valence-electron chi connectivity index (χ0n) is 18.2. The Labute approximate surface area is 193 Å². The number of aromatic nitrogens is 2. The second-order valence-corrected chi connectivity index (χ2v) is 8.16. The van der Waals surface area contributed by atoms with Crippen molar-refractivity contribution < 1.29 is 9.53 Å². The molecular weight excluding hydrogens is 426 g/mol. The van der Waals surface area contributed by atoms with Crippen LogP contribution in [0.2, 0.25) is 5.02 Å². The highest BCUT2D eigenvalue weighted by Gasteiger charge is 2.19. The van der Waals surface area contributed by atoms with Crippen LogP contribution in [0.25, 0.3) is 0 Å². The number of carbonyl (C=O) groups excluding carboxylic acids is 1. The molecule has 2 aromatic carbocycles. The fourth-order valence-electron chi connectivity index (χ4n) is 3.74. The molecule has 0 radical (unpaired) electrons. The minimum Gasteiger partial charge on any atom is -0.484 e. The summed E-state index contributed by atoms with van der Waals surface area (Å²) >= 11 is 6.18. The van der Waals surface area contributed by atoms with E-state index in [2.05, 4.69) is 49.4 Å². The van der Waals surface area contributed by atoms with Crippen LogP contribution in [0.5, 0.6) is 5.75 Å². The molecule has 0 aliphatic carbocycles. The average molecular weight is 452 g/mol. The van der Waals surface area contributed by atoms with Crippen molar-refractivity contribution in [3.05, 3.63) is 71.0 Å². The number of hydrogen-bond acceptors (Lipinski definition) is 6. The highest BCUT2D eigenvalue weighted by molar-refractivity contribution is 6.32. The summed E-state index contributed by atoms with van der Waals surface area (Å²) in [6.07, 6.45) is 1.47. The number of nitrogens with one attached hydrogen (secondary N) is 1. The van der Waals surface area contributed by atoms with Crippen LogP contribution in [-0.4, -0.2) is 48.7 Å². The van der Waals surface area contributed by atoms with Crippen molar-refractivity contribution in [2.24, 2.45) is 0 Å². The first-order valence-corrected chi connectivity index (χ1v) is 10.9. The number of rotatable bonds is 6. The number of nitrogens with zero attached hydrogens (tertiary/aromatic N) is 4. The van der Waals surface area contributed by atoms with Crippen LogP contribution in [0.3, 0.4) is 0 Å². The molecule has 1 aliphatic rings. The van der Waals surface area contributed by atoms with E-state index in [1.807, 2.05) is 32.0 Å². The maximum Gasteiger partial charge on any atom is 0.263 e. The van der Waals surface area contributed by atoms with E-state index < -0.39 is 0 Å². The van der Waals surface area contributed by atoms with Crippen LogP contribution < -0.4 is 19.9 Å². The molecule has 7 nitrogen and oxygen atoms in total. The van der Waals surface area contributed by atoms with Crippen LogP contribution >= 0.6 is 11.6 Å². The summed E-state index contributed by atoms with van der Waals surface area (Å²) in [6, 6.07) is 15.8. The quantitative estimate of drug-likeness (QED) is 0.608. The Bertz CT molecular complexity index is 1060. The maximum absolute atomic E-state index is 12.4. The van der Waals surface area contributed by atoms with Crippen molar-refractivity contribution >= 4 is 34.8 Å². The minimum absolute atomic E-state index is 0.115. The van der Waals surface area contributed by atoms with Crippen molar-refractivity contribution in [2.75, 3.05) is 47.9 Å². The van der Waals surface area contributed by atoms with Crippen LogP contribution in [0.1, 0.15) is 11.1 Å². The highest BCUT2D eigenvalue weighted by Crippen LogP contribution is 2.26. The molecule has 0 unspecified atom stereocenters. The van der Waals surface area contributed by atoms with Gasteiger partial charge in [0.25, 0.3) is 5.91 Å². The lowest BCUT2D eigenvalue weighted by Gasteiger charge is -2.36. The summed E-state index contributed by atoms with van der Waals surface area (Å²) in [5.74, 6) is 1.58. The number of carbonyl (C=O) groups is 1. The van der Waals surface area contributed by atoms with E-state index in [1.165, 1.54) is 12.0 Å². The van der Waals surface area contributed by atoms with E-state index >= 15 is 0 Å². The van der Waals surface area contributed by atoms with Crippen LogP contribution in [0.4, 0.5) is 17.3 Å². The standard InChI is InChI=1S/C24H26ClN5O2/c1-17-12-20(13-18(2)24(17)25)32-15-23(31)28-21-14-22(27-16-26-21)30-10-8-29(9-11-30)19-6-4-3-5-7-19/h3-7,12-14,16H,8-11,15H2,1-2H3,(H,26,27,28,31). The van der Waals surface area contributed by atoms with E-state index in [4.69, 9.17) is 16.3 Å². The molecule has 0 spiro atoms. The lowest BCUT2D eigenvalue weighted by atomic mass is 10.1. The lowest BCUT2D eigenvalue weighted by molar-refractivity contribution is -0.118. The molecule has 8 heteroatoms. The predicted octanol–water partition coefficient (Wildman–Crippen LogP) is 4.09. The first-order chi connectivity index (χ1) is 15.5. The van der Waals surface area contributed by atoms with Crippen molar-refractivity contribution in [1.29, 1.82) is 0 Å². The SMILES string of the molecule is Cc1cc(OCC(=O)Nc2cc(N3CCN(c4ccccc4)CC3)ncn2)cc(C)c1Cl. The summed E-state index contributed by atoms with van der Waals surface area (Å²) in [7, 11) is 0. The van der Waals surface area contributed by atoms with Gasteiger partial charge in [-0.05, 0) is 49.2 Å². The molecule has 1 aromatic heterocycles. The van der Waals surface area contributed by atoms with Crippen molar-refractivity contribution in [3.8, 4) is 5.75 Å². The number of para-hydroxylation sites is 1. The first kappa shape index (κ1) is 21.9. The Morgan fingerprint density at radius 3 is 2.34 bits per heavy atom. The number of hydrogen-bond donors (Lipinski definition) is 1. The van der Waals surface area contributed by atoms with Gasteiger partial charge in [-0.3, -0.25) is 4.79 Å². The van der Waals surface area contributed by atoms with Gasteiger partial charge in [0.1, 0.15) is 23.7 Å². The zero-order chi connectivity index (χ0) is 22.5. The summed E-state index contributed by atoms with van der Waals surface area (Å²) in [5, 5.41) is 3.50. The molecule has 0 saturated carbocycles. The van der Waals surface area contributed by atoms with Gasteiger partial charge in [0.15, 0.2) is 6.61 Å². The predicted molar refractivity (Wildman–Crippen MR) is 128 cm³/mol. The summed E-state index contributed by atoms with van der Waals surface area (Å²) in [5.41, 5.74) is 3.05. The monoisotopic (exact) mass is 451 g/mol. The Morgan fingerprint density at radius 2 is 1.66 bits per heavy atom. The third kappa shape index (κ3) is 5.29. The van der Waals surface area contributed by atoms with Gasteiger partial charge >= 0.3 is 0 Å². The van der Waals surface area contributed by atoms with E-state index in [-0.39, 0.29) is 12.5 Å². The minimum atomic E-state index is -0.284. The van der Waals surface area contributed by atoms with Gasteiger partial charge in [-0.15, -0.1) is 0 Å². The largest absolute Gasteiger partial charge is 0.484 e. The van der Waals surface area contributed by atoms with Gasteiger partial charge < -0.3 is 19.9 Å². The molecule has 3 aromatic rings. The van der Waals surface area contributed by atoms with Crippen molar-refractivity contribution in [3.63, 3.8) is 0 Å². The van der Waals surface area contributed by atoms with Gasteiger partial charge in [0.05, 0.1) is 0 Å². The Balaban J connectivity index is 1.32. The van der Waals surface area contributed by atoms with Gasteiger partial charge in [-0.25, -0.2) is 9.97 Å². The Hall–Kier alpha value is -3.32. The topological polar surface area (TPSA) is 70.6 Å². The van der Waals surface area contributed by atoms with Crippen molar-refractivity contribution in [2.45, 2.75) is 13.8 Å². The number of halogens is 1. The number of amides is 1. The molecule has 4 rings (SSSR count). The highest BCUT2D eigenvalue weighted by atomic mass is 35.5. The Kier molecular flexibility index (Phi) is 6.75. The first-order valence-electron chi connectivity index (χ1n) is 10.6. The van der Waals surface area contributed by atoms with Crippen molar-refractivity contribution in [1.82, 2.24) is 9.97 Å². The number of anilines is 3. The summed E-state index contributed by atoms with van der Waals surface area (Å²) in [6.45, 7) is 7.20. The summed E-state index contributed by atoms with van der Waals surface area (Å²) < 4.78 is 5.63. The fraction of sp³-hybridized carbons (Fsp3) is 0.292. The normalized spacial score (nSPS) is 13.7. The van der Waals surface area contributed by atoms with Gasteiger partial charge in [0, 0.05) is 43.0 Å². The number of benzene rings is 2. The van der Waals surface area contributed by atoms with Gasteiger partial charge in [0.2, 0.25) is 0 Å². The molecule has 1 saturated heterocycles. The van der Waals surface area contributed by atoms with E-state index in [0.29, 0.717) is 16.6 Å². The number of ether oxygens (including phenoxy) is 1. The molecule has 32 heavy (non-hydrogen) atoms. The van der Waals surface area contributed by atoms with Crippen LogP contribution in [0.15, 0.2) is 54.9 Å². The molecule has 1 amide bonds. The van der Waals surface area contributed by atoms with E-state index in [9.17, 15) is 4.79 Å². The Morgan fingerprint density at radius 1 is 1.00 bits per heavy atom. The zero-order valence-corrected chi connectivity index (χ0v) is 19.0. The maximum atomic E-state index is 12.4. The number of piperazine rings is 1. The second-order valence-electron chi connectivity index (χ2n) is 7.78. The van der Waals surface area contributed by atoms with E-state index in [1.54, 1.807) is 6.07 Å². The molecular formula is C24H26ClN5O2. The summed E-state index contributed by atoms with van der Waals surface area (Å²) in [4.78, 5) is 25.5. The molecule has 166 valence electrons. The smallest absolute Gasteiger partial charge is 0.263 e. The number of aryl methyl sites for hydroxylation is 2. The fourth-order valence-corrected chi connectivity index (χ4v) is 3.85. The third-order valence-corrected chi connectivity index (χ3v) is 6.02. The second kappa shape index (κ2) is 9.87. The van der Waals surface area contributed by atoms with E-state index in [0.717, 1.165) is 43.1 Å². The molecule has 1 aliphatic heterocycles. The average Bonchev–Trinajstić information content (AvgIpc) is 2.82. The third-order valence-electron chi connectivity index (χ3n) is 5.43. The molecule has 2 heterocycles. The van der Waals surface area contributed by atoms with Crippen LogP contribution in [0, 0.1) is 13.8 Å². The van der Waals surface area contributed by atoms with Gasteiger partial charge in [-0.2, -0.15) is 0 Å². The molecule has 0 atom stereocenters. The lowest BCUT2D eigenvalue weighted by Crippen LogP contribution is -2.46. The van der Waals surface area contributed by atoms with Crippen LogP contribution in [-0.2, 0) is 4.79 Å². The molecule has 1 N–H and O–H groups in total.